The quantitative estimate of drug-likeness (QED) is 0.755. The van der Waals surface area contributed by atoms with E-state index in [9.17, 15) is 14.7 Å². The largest absolute Gasteiger partial charge is 0.384 e. The summed E-state index contributed by atoms with van der Waals surface area (Å²) in [5.74, 6) is -0.644. The molecule has 2 amide bonds. The first kappa shape index (κ1) is 17.2. The van der Waals surface area contributed by atoms with E-state index in [-0.39, 0.29) is 24.9 Å². The Morgan fingerprint density at radius 3 is 2.70 bits per heavy atom. The Balaban J connectivity index is 1.80. The van der Waals surface area contributed by atoms with Crippen LogP contribution < -0.4 is 10.6 Å². The number of carbonyl (C=O) groups is 2. The highest BCUT2D eigenvalue weighted by molar-refractivity contribution is 7.08. The summed E-state index contributed by atoms with van der Waals surface area (Å²) in [6.07, 6.45) is 0. The van der Waals surface area contributed by atoms with Crippen molar-refractivity contribution >= 4 is 23.2 Å². The van der Waals surface area contributed by atoms with E-state index >= 15 is 0 Å². The van der Waals surface area contributed by atoms with E-state index < -0.39 is 5.60 Å². The van der Waals surface area contributed by atoms with Gasteiger partial charge in [0.1, 0.15) is 5.60 Å². The Kier molecular flexibility index (Phi) is 5.52. The second kappa shape index (κ2) is 7.39. The van der Waals surface area contributed by atoms with Crippen molar-refractivity contribution in [2.75, 3.05) is 13.1 Å². The van der Waals surface area contributed by atoms with Crippen LogP contribution in [0.5, 0.6) is 0 Å². The first-order valence-electron chi connectivity index (χ1n) is 7.25. The zero-order valence-electron chi connectivity index (χ0n) is 13.1. The van der Waals surface area contributed by atoms with Gasteiger partial charge in [0.15, 0.2) is 0 Å². The van der Waals surface area contributed by atoms with Crippen LogP contribution in [-0.4, -0.2) is 30.0 Å². The number of nitrogens with one attached hydrogen (secondary N) is 2. The summed E-state index contributed by atoms with van der Waals surface area (Å²) in [5.41, 5.74) is 1.12. The number of rotatable bonds is 6. The van der Waals surface area contributed by atoms with E-state index in [0.717, 1.165) is 11.1 Å². The summed E-state index contributed by atoms with van der Waals surface area (Å²) in [6, 6.07) is 8.96. The molecule has 1 aromatic carbocycles. The van der Waals surface area contributed by atoms with E-state index in [1.54, 1.807) is 25.1 Å². The Bertz CT molecular complexity index is 681. The van der Waals surface area contributed by atoms with Crippen molar-refractivity contribution < 1.29 is 14.7 Å². The number of amides is 2. The summed E-state index contributed by atoms with van der Waals surface area (Å²) in [4.78, 5) is 23.8. The molecule has 1 atom stereocenters. The van der Waals surface area contributed by atoms with Crippen molar-refractivity contribution in [2.24, 2.45) is 0 Å². The van der Waals surface area contributed by atoms with Gasteiger partial charge in [0.2, 0.25) is 5.91 Å². The number of aryl methyl sites for hydroxylation is 1. The van der Waals surface area contributed by atoms with Crippen molar-refractivity contribution in [3.05, 3.63) is 57.8 Å². The normalized spacial score (nSPS) is 13.2. The van der Waals surface area contributed by atoms with Gasteiger partial charge in [-0.25, -0.2) is 0 Å². The molecule has 23 heavy (non-hydrogen) atoms. The molecule has 1 aromatic heterocycles. The average Bonchev–Trinajstić information content (AvgIpc) is 3.06. The lowest BCUT2D eigenvalue weighted by molar-refractivity contribution is -0.121. The van der Waals surface area contributed by atoms with Gasteiger partial charge >= 0.3 is 0 Å². The van der Waals surface area contributed by atoms with E-state index in [1.165, 1.54) is 11.3 Å². The van der Waals surface area contributed by atoms with Crippen molar-refractivity contribution in [3.63, 3.8) is 0 Å². The van der Waals surface area contributed by atoms with Crippen LogP contribution in [0, 0.1) is 6.92 Å². The summed E-state index contributed by atoms with van der Waals surface area (Å²) in [7, 11) is 0. The van der Waals surface area contributed by atoms with Gasteiger partial charge in [-0.2, -0.15) is 11.3 Å². The summed E-state index contributed by atoms with van der Waals surface area (Å²) in [6.45, 7) is 3.49. The highest BCUT2D eigenvalue weighted by atomic mass is 32.1. The fourth-order valence-electron chi connectivity index (χ4n) is 2.06. The maximum Gasteiger partial charge on any atom is 0.251 e. The van der Waals surface area contributed by atoms with Gasteiger partial charge in [0.05, 0.1) is 13.1 Å². The lowest BCUT2D eigenvalue weighted by Gasteiger charge is -2.22. The number of benzene rings is 1. The van der Waals surface area contributed by atoms with Crippen LogP contribution in [0.25, 0.3) is 0 Å². The standard InChI is InChI=1S/C17H20N2O3S/c1-12-4-3-5-13(8-12)16(21)18-9-15(20)19-11-17(2,22)14-6-7-23-10-14/h3-8,10,22H,9,11H2,1-2H3,(H,18,21)(H,19,20). The second-order valence-corrected chi connectivity index (χ2v) is 6.39. The minimum atomic E-state index is -1.13. The zero-order chi connectivity index (χ0) is 16.9. The number of hydrogen-bond acceptors (Lipinski definition) is 4. The highest BCUT2D eigenvalue weighted by Crippen LogP contribution is 2.21. The van der Waals surface area contributed by atoms with Crippen LogP contribution in [0.2, 0.25) is 0 Å². The molecule has 6 heteroatoms. The first-order valence-corrected chi connectivity index (χ1v) is 8.19. The first-order chi connectivity index (χ1) is 10.9. The van der Waals surface area contributed by atoms with Crippen LogP contribution in [0.15, 0.2) is 41.1 Å². The number of thiophene rings is 1. The van der Waals surface area contributed by atoms with Crippen LogP contribution in [0.3, 0.4) is 0 Å². The topological polar surface area (TPSA) is 78.4 Å². The molecule has 0 radical (unpaired) electrons. The molecule has 3 N–H and O–H groups in total. The molecule has 1 unspecified atom stereocenters. The molecule has 0 bridgehead atoms. The fourth-order valence-corrected chi connectivity index (χ4v) is 2.84. The number of hydrogen-bond donors (Lipinski definition) is 3. The molecule has 2 rings (SSSR count). The number of aliphatic hydroxyl groups is 1. The minimum absolute atomic E-state index is 0.0862. The predicted molar refractivity (Wildman–Crippen MR) is 90.4 cm³/mol. The van der Waals surface area contributed by atoms with Gasteiger partial charge in [-0.15, -0.1) is 0 Å². The minimum Gasteiger partial charge on any atom is -0.384 e. The van der Waals surface area contributed by atoms with Gasteiger partial charge < -0.3 is 15.7 Å². The maximum atomic E-state index is 12.0. The van der Waals surface area contributed by atoms with Gasteiger partial charge in [0, 0.05) is 5.56 Å². The average molecular weight is 332 g/mol. The van der Waals surface area contributed by atoms with Crippen molar-refractivity contribution in [2.45, 2.75) is 19.4 Å². The lowest BCUT2D eigenvalue weighted by Crippen LogP contribution is -2.43. The van der Waals surface area contributed by atoms with Gasteiger partial charge in [-0.3, -0.25) is 9.59 Å². The predicted octanol–water partition coefficient (Wildman–Crippen LogP) is 1.81. The molecule has 0 aliphatic rings. The molecular weight excluding hydrogens is 312 g/mol. The van der Waals surface area contributed by atoms with E-state index in [1.807, 2.05) is 29.8 Å². The van der Waals surface area contributed by atoms with Gasteiger partial charge in [-0.05, 0) is 48.4 Å². The third kappa shape index (κ3) is 4.91. The van der Waals surface area contributed by atoms with Crippen LogP contribution >= 0.6 is 11.3 Å². The summed E-state index contributed by atoms with van der Waals surface area (Å²) < 4.78 is 0. The summed E-state index contributed by atoms with van der Waals surface area (Å²) in [5, 5.41) is 19.2. The molecule has 1 heterocycles. The Morgan fingerprint density at radius 1 is 1.26 bits per heavy atom. The monoisotopic (exact) mass is 332 g/mol. The molecule has 0 saturated heterocycles. The smallest absolute Gasteiger partial charge is 0.251 e. The molecule has 0 spiro atoms. The zero-order valence-corrected chi connectivity index (χ0v) is 13.9. The molecule has 5 nitrogen and oxygen atoms in total. The second-order valence-electron chi connectivity index (χ2n) is 5.61. The maximum absolute atomic E-state index is 12.0. The third-order valence-corrected chi connectivity index (χ3v) is 4.15. The molecule has 122 valence electrons. The van der Waals surface area contributed by atoms with Crippen molar-refractivity contribution in [1.29, 1.82) is 0 Å². The van der Waals surface area contributed by atoms with Crippen LogP contribution in [0.4, 0.5) is 0 Å². The lowest BCUT2D eigenvalue weighted by atomic mass is 9.99. The summed E-state index contributed by atoms with van der Waals surface area (Å²) >= 11 is 1.48. The SMILES string of the molecule is Cc1cccc(C(=O)NCC(=O)NCC(C)(O)c2ccsc2)c1. The van der Waals surface area contributed by atoms with E-state index in [2.05, 4.69) is 10.6 Å². The van der Waals surface area contributed by atoms with Crippen LogP contribution in [0.1, 0.15) is 28.4 Å². The number of carbonyl (C=O) groups excluding carboxylic acids is 2. The Hall–Kier alpha value is -2.18. The van der Waals surface area contributed by atoms with E-state index in [4.69, 9.17) is 0 Å². The molecule has 0 aliphatic heterocycles. The molecule has 0 aliphatic carbocycles. The highest BCUT2D eigenvalue weighted by Gasteiger charge is 2.24. The van der Waals surface area contributed by atoms with E-state index in [0.29, 0.717) is 5.56 Å². The molecule has 0 fully saturated rings. The van der Waals surface area contributed by atoms with Crippen LogP contribution in [-0.2, 0) is 10.4 Å². The Labute approximate surface area is 139 Å². The molecular formula is C17H20N2O3S. The fraction of sp³-hybridized carbons (Fsp3) is 0.294. The van der Waals surface area contributed by atoms with Gasteiger partial charge in [0.25, 0.3) is 5.91 Å². The van der Waals surface area contributed by atoms with Gasteiger partial charge in [-0.1, -0.05) is 17.7 Å². The Morgan fingerprint density at radius 2 is 2.04 bits per heavy atom. The molecule has 2 aromatic rings. The third-order valence-electron chi connectivity index (χ3n) is 3.46. The molecule has 0 saturated carbocycles. The van der Waals surface area contributed by atoms with Crippen molar-refractivity contribution in [1.82, 2.24) is 10.6 Å². The van der Waals surface area contributed by atoms with Crippen molar-refractivity contribution in [3.8, 4) is 0 Å².